The molecule has 9 heteroatoms. The maximum atomic E-state index is 12.3. The summed E-state index contributed by atoms with van der Waals surface area (Å²) in [5.41, 5.74) is 0.174. The summed E-state index contributed by atoms with van der Waals surface area (Å²) in [5, 5.41) is 6.84. The number of alkyl halides is 2. The average molecular weight is 284 g/mol. The highest BCUT2D eigenvalue weighted by Gasteiger charge is 2.21. The molecule has 1 fully saturated rings. The number of hydrogen-bond donors (Lipinski definition) is 2. The first-order valence-electron chi connectivity index (χ1n) is 6.32. The molecule has 0 atom stereocenters. The second kappa shape index (κ2) is 5.16. The summed E-state index contributed by atoms with van der Waals surface area (Å²) in [7, 11) is 0. The van der Waals surface area contributed by atoms with Gasteiger partial charge >= 0.3 is 0 Å². The number of aromatic nitrogens is 4. The molecule has 1 aliphatic rings. The fourth-order valence-electron chi connectivity index (χ4n) is 2.32. The second-order valence-electron chi connectivity index (χ2n) is 4.70. The van der Waals surface area contributed by atoms with Crippen LogP contribution >= 0.6 is 0 Å². The first-order chi connectivity index (χ1) is 9.63. The van der Waals surface area contributed by atoms with E-state index in [0.717, 1.165) is 0 Å². The zero-order valence-electron chi connectivity index (χ0n) is 10.6. The molecule has 2 aromatic rings. The van der Waals surface area contributed by atoms with E-state index in [4.69, 9.17) is 0 Å². The lowest BCUT2D eigenvalue weighted by Crippen LogP contribution is -2.48. The number of piperazine rings is 1. The minimum atomic E-state index is -2.32. The van der Waals surface area contributed by atoms with E-state index in [1.54, 1.807) is 4.90 Å². The Morgan fingerprint density at radius 1 is 1.30 bits per heavy atom. The van der Waals surface area contributed by atoms with Crippen LogP contribution in [-0.4, -0.2) is 64.2 Å². The number of aromatic amines is 2. The molecule has 1 aliphatic heterocycles. The summed E-state index contributed by atoms with van der Waals surface area (Å²) < 4.78 is 24.6. The van der Waals surface area contributed by atoms with Crippen molar-refractivity contribution in [1.29, 1.82) is 0 Å². The molecule has 3 heterocycles. The molecule has 0 spiro atoms. The van der Waals surface area contributed by atoms with Gasteiger partial charge in [0.15, 0.2) is 5.65 Å². The molecule has 1 saturated heterocycles. The summed E-state index contributed by atoms with van der Waals surface area (Å²) in [4.78, 5) is 22.4. The van der Waals surface area contributed by atoms with E-state index in [9.17, 15) is 13.6 Å². The predicted molar refractivity (Wildman–Crippen MR) is 69.2 cm³/mol. The van der Waals surface area contributed by atoms with Gasteiger partial charge in [-0.2, -0.15) is 10.1 Å². The number of anilines is 1. The molecule has 0 aliphatic carbocycles. The van der Waals surface area contributed by atoms with Crippen LogP contribution in [0.15, 0.2) is 11.0 Å². The van der Waals surface area contributed by atoms with Crippen molar-refractivity contribution in [2.75, 3.05) is 37.6 Å². The molecule has 0 saturated carbocycles. The Hall–Kier alpha value is -2.03. The fraction of sp³-hybridized carbons (Fsp3) is 0.545. The summed E-state index contributed by atoms with van der Waals surface area (Å²) in [6, 6.07) is 0. The van der Waals surface area contributed by atoms with E-state index in [1.807, 2.05) is 4.90 Å². The van der Waals surface area contributed by atoms with Crippen molar-refractivity contribution in [1.82, 2.24) is 25.1 Å². The van der Waals surface area contributed by atoms with Crippen molar-refractivity contribution in [2.45, 2.75) is 6.43 Å². The van der Waals surface area contributed by atoms with Gasteiger partial charge in [0.1, 0.15) is 5.39 Å². The topological polar surface area (TPSA) is 80.9 Å². The zero-order chi connectivity index (χ0) is 14.1. The first-order valence-corrected chi connectivity index (χ1v) is 6.32. The van der Waals surface area contributed by atoms with Crippen LogP contribution in [0.25, 0.3) is 11.0 Å². The third-order valence-corrected chi connectivity index (χ3v) is 3.37. The molecule has 7 nitrogen and oxygen atoms in total. The molecule has 0 radical (unpaired) electrons. The standard InChI is InChI=1S/C11H14F2N6O/c12-8(13)6-18-1-3-19(4-2-18)11-15-9-7(5-14-17-9)10(20)16-11/h5,8H,1-4,6H2,(H2,14,15,16,17,20). The molecule has 2 N–H and O–H groups in total. The quantitative estimate of drug-likeness (QED) is 0.831. The number of nitrogens with zero attached hydrogens (tertiary/aromatic N) is 4. The third-order valence-electron chi connectivity index (χ3n) is 3.37. The molecule has 0 unspecified atom stereocenters. The van der Waals surface area contributed by atoms with Gasteiger partial charge in [-0.1, -0.05) is 0 Å². The van der Waals surface area contributed by atoms with Crippen LogP contribution in [0.2, 0.25) is 0 Å². The Morgan fingerprint density at radius 2 is 2.05 bits per heavy atom. The van der Waals surface area contributed by atoms with E-state index in [2.05, 4.69) is 20.2 Å². The van der Waals surface area contributed by atoms with E-state index in [0.29, 0.717) is 43.2 Å². The first kappa shape index (κ1) is 13.0. The maximum Gasteiger partial charge on any atom is 0.263 e. The van der Waals surface area contributed by atoms with Crippen LogP contribution in [0.3, 0.4) is 0 Å². The van der Waals surface area contributed by atoms with Gasteiger partial charge in [-0.25, -0.2) is 8.78 Å². The van der Waals surface area contributed by atoms with Crippen molar-refractivity contribution in [3.8, 4) is 0 Å². The molecule has 3 rings (SSSR count). The van der Waals surface area contributed by atoms with Crippen LogP contribution in [0.5, 0.6) is 0 Å². The Morgan fingerprint density at radius 3 is 2.75 bits per heavy atom. The lowest BCUT2D eigenvalue weighted by Gasteiger charge is -2.34. The normalized spacial score (nSPS) is 17.2. The Balaban J connectivity index is 1.75. The lowest BCUT2D eigenvalue weighted by atomic mass is 10.3. The van der Waals surface area contributed by atoms with Crippen LogP contribution < -0.4 is 10.5 Å². The summed E-state index contributed by atoms with van der Waals surface area (Å²) in [6.07, 6.45) is -0.897. The monoisotopic (exact) mass is 284 g/mol. The number of fused-ring (bicyclic) bond motifs is 1. The number of hydrogen-bond acceptors (Lipinski definition) is 5. The van der Waals surface area contributed by atoms with E-state index >= 15 is 0 Å². The van der Waals surface area contributed by atoms with Gasteiger partial charge in [-0.15, -0.1) is 0 Å². The van der Waals surface area contributed by atoms with Crippen molar-refractivity contribution in [3.05, 3.63) is 16.6 Å². The van der Waals surface area contributed by atoms with Crippen molar-refractivity contribution >= 4 is 17.0 Å². The van der Waals surface area contributed by atoms with E-state index in [1.165, 1.54) is 6.20 Å². The number of halogens is 2. The third kappa shape index (κ3) is 2.48. The molecule has 0 amide bonds. The van der Waals surface area contributed by atoms with Gasteiger partial charge in [0, 0.05) is 26.2 Å². The Kier molecular flexibility index (Phi) is 3.35. The van der Waals surface area contributed by atoms with Gasteiger partial charge in [-0.05, 0) is 0 Å². The fourth-order valence-corrected chi connectivity index (χ4v) is 2.32. The largest absolute Gasteiger partial charge is 0.340 e. The number of nitrogens with one attached hydrogen (secondary N) is 2. The van der Waals surface area contributed by atoms with E-state index in [-0.39, 0.29) is 12.1 Å². The molecule has 0 bridgehead atoms. The second-order valence-corrected chi connectivity index (χ2v) is 4.70. The molecular formula is C11H14F2N6O. The highest BCUT2D eigenvalue weighted by atomic mass is 19.3. The van der Waals surface area contributed by atoms with Gasteiger partial charge in [0.05, 0.1) is 12.7 Å². The van der Waals surface area contributed by atoms with Gasteiger partial charge < -0.3 is 4.90 Å². The van der Waals surface area contributed by atoms with Gasteiger partial charge in [0.2, 0.25) is 5.95 Å². The summed E-state index contributed by atoms with van der Waals surface area (Å²) >= 11 is 0. The van der Waals surface area contributed by atoms with Crippen molar-refractivity contribution in [3.63, 3.8) is 0 Å². The molecule has 2 aromatic heterocycles. The lowest BCUT2D eigenvalue weighted by molar-refractivity contribution is 0.0853. The van der Waals surface area contributed by atoms with Gasteiger partial charge in [0.25, 0.3) is 12.0 Å². The molecule has 20 heavy (non-hydrogen) atoms. The zero-order valence-corrected chi connectivity index (χ0v) is 10.6. The van der Waals surface area contributed by atoms with E-state index < -0.39 is 6.43 Å². The average Bonchev–Trinajstić information content (AvgIpc) is 2.87. The van der Waals surface area contributed by atoms with Crippen LogP contribution in [0.1, 0.15) is 0 Å². The van der Waals surface area contributed by atoms with Gasteiger partial charge in [-0.3, -0.25) is 19.8 Å². The van der Waals surface area contributed by atoms with Crippen molar-refractivity contribution in [2.24, 2.45) is 0 Å². The summed E-state index contributed by atoms with van der Waals surface area (Å²) in [6.45, 7) is 1.94. The highest BCUT2D eigenvalue weighted by molar-refractivity contribution is 5.73. The smallest absolute Gasteiger partial charge is 0.263 e. The molecule has 0 aromatic carbocycles. The van der Waals surface area contributed by atoms with Crippen LogP contribution in [0, 0.1) is 0 Å². The number of H-pyrrole nitrogens is 2. The minimum absolute atomic E-state index is 0.211. The minimum Gasteiger partial charge on any atom is -0.340 e. The summed E-state index contributed by atoms with van der Waals surface area (Å²) in [5.74, 6) is 0.448. The SMILES string of the molecule is O=c1[nH]c(N2CCN(CC(F)F)CC2)nc2[nH]ncc12. The predicted octanol–water partition coefficient (Wildman–Crippen LogP) is 0.0333. The molecular weight excluding hydrogens is 270 g/mol. The Bertz CT molecular complexity index is 646. The molecule has 108 valence electrons. The van der Waals surface area contributed by atoms with Crippen LogP contribution in [-0.2, 0) is 0 Å². The Labute approximate surface area is 112 Å². The highest BCUT2D eigenvalue weighted by Crippen LogP contribution is 2.12. The van der Waals surface area contributed by atoms with Crippen molar-refractivity contribution < 1.29 is 8.78 Å². The number of rotatable bonds is 3. The van der Waals surface area contributed by atoms with Crippen LogP contribution in [0.4, 0.5) is 14.7 Å². The maximum absolute atomic E-state index is 12.3.